The zero-order chi connectivity index (χ0) is 10.1. The summed E-state index contributed by atoms with van der Waals surface area (Å²) in [7, 11) is 1.59. The van der Waals surface area contributed by atoms with Gasteiger partial charge in [0.2, 0.25) is 5.89 Å². The molecule has 7 heteroatoms. The van der Waals surface area contributed by atoms with Gasteiger partial charge < -0.3 is 9.73 Å². The van der Waals surface area contributed by atoms with Crippen molar-refractivity contribution in [3.05, 3.63) is 11.8 Å². The van der Waals surface area contributed by atoms with E-state index in [-0.39, 0.29) is 11.9 Å². The third-order valence-corrected chi connectivity index (χ3v) is 1.49. The minimum atomic E-state index is -4.57. The minimum absolute atomic E-state index is 0.0742. The molecule has 0 spiro atoms. The summed E-state index contributed by atoms with van der Waals surface area (Å²) < 4.78 is 40.2. The predicted molar refractivity (Wildman–Crippen MR) is 36.8 cm³/mol. The van der Waals surface area contributed by atoms with Crippen LogP contribution in [0.15, 0.2) is 4.42 Å². The van der Waals surface area contributed by atoms with Crippen LogP contribution in [-0.4, -0.2) is 17.2 Å². The second-order valence-corrected chi connectivity index (χ2v) is 2.45. The molecule has 1 N–H and O–H groups in total. The van der Waals surface area contributed by atoms with Crippen molar-refractivity contribution in [2.24, 2.45) is 0 Å². The van der Waals surface area contributed by atoms with E-state index >= 15 is 0 Å². The van der Waals surface area contributed by atoms with Crippen LogP contribution in [0.1, 0.15) is 24.7 Å². The Hall–Kier alpha value is -1.11. The first kappa shape index (κ1) is 9.97. The molecule has 13 heavy (non-hydrogen) atoms. The molecule has 0 aliphatic rings. The maximum absolute atomic E-state index is 12.0. The molecule has 0 aromatic carbocycles. The molecule has 1 unspecified atom stereocenters. The Labute approximate surface area is 72.1 Å². The molecule has 0 amide bonds. The maximum Gasteiger partial charge on any atom is 0.470 e. The summed E-state index contributed by atoms with van der Waals surface area (Å²) in [5, 5.41) is 8.81. The van der Waals surface area contributed by atoms with Gasteiger partial charge >= 0.3 is 12.1 Å². The molecule has 0 aliphatic heterocycles. The van der Waals surface area contributed by atoms with Gasteiger partial charge in [0, 0.05) is 0 Å². The number of aromatic nitrogens is 2. The van der Waals surface area contributed by atoms with Crippen molar-refractivity contribution in [2.75, 3.05) is 7.05 Å². The number of hydrogen-bond acceptors (Lipinski definition) is 4. The Balaban J connectivity index is 2.87. The van der Waals surface area contributed by atoms with Gasteiger partial charge in [0.15, 0.2) is 0 Å². The smallest absolute Gasteiger partial charge is 0.416 e. The molecule has 0 radical (unpaired) electrons. The maximum atomic E-state index is 12.0. The second kappa shape index (κ2) is 3.33. The predicted octanol–water partition coefficient (Wildman–Crippen LogP) is 1.37. The normalized spacial score (nSPS) is 14.5. The van der Waals surface area contributed by atoms with Crippen molar-refractivity contribution in [1.82, 2.24) is 15.5 Å². The van der Waals surface area contributed by atoms with Crippen LogP contribution in [0, 0.1) is 0 Å². The number of hydrogen-bond donors (Lipinski definition) is 1. The zero-order valence-electron chi connectivity index (χ0n) is 7.01. The van der Waals surface area contributed by atoms with Crippen molar-refractivity contribution in [3.63, 3.8) is 0 Å². The Bertz CT molecular complexity index is 283. The minimum Gasteiger partial charge on any atom is -0.416 e. The van der Waals surface area contributed by atoms with Gasteiger partial charge in [-0.15, -0.1) is 10.2 Å². The van der Waals surface area contributed by atoms with Crippen molar-refractivity contribution in [2.45, 2.75) is 19.1 Å². The standard InChI is InChI=1S/C6H8F3N3O/c1-3(10-2)4-11-12-5(13-4)6(7,8)9/h3,10H,1-2H3. The number of nitrogens with zero attached hydrogens (tertiary/aromatic N) is 2. The SMILES string of the molecule is CNC(C)c1nnc(C(F)(F)F)o1. The first-order chi connectivity index (χ1) is 5.95. The molecule has 0 saturated heterocycles. The monoisotopic (exact) mass is 195 g/mol. The zero-order valence-corrected chi connectivity index (χ0v) is 7.01. The summed E-state index contributed by atoms with van der Waals surface area (Å²) in [6, 6.07) is -0.386. The third-order valence-electron chi connectivity index (χ3n) is 1.49. The molecule has 0 bridgehead atoms. The Morgan fingerprint density at radius 3 is 2.38 bits per heavy atom. The van der Waals surface area contributed by atoms with Crippen LogP contribution in [0.2, 0.25) is 0 Å². The molecular formula is C6H8F3N3O. The summed E-state index contributed by atoms with van der Waals surface area (Å²) in [5.74, 6) is -1.39. The van der Waals surface area contributed by atoms with E-state index in [1.54, 1.807) is 14.0 Å². The highest BCUT2D eigenvalue weighted by atomic mass is 19.4. The van der Waals surface area contributed by atoms with Crippen LogP contribution in [0.3, 0.4) is 0 Å². The van der Waals surface area contributed by atoms with Gasteiger partial charge in [0.25, 0.3) is 0 Å². The molecule has 1 aromatic rings. The van der Waals surface area contributed by atoms with Crippen LogP contribution in [-0.2, 0) is 6.18 Å². The Morgan fingerprint density at radius 2 is 2.00 bits per heavy atom. The summed E-state index contributed by atoms with van der Waals surface area (Å²) >= 11 is 0. The van der Waals surface area contributed by atoms with Gasteiger partial charge in [0.05, 0.1) is 6.04 Å². The fourth-order valence-electron chi connectivity index (χ4n) is 0.648. The van der Waals surface area contributed by atoms with Crippen molar-refractivity contribution in [1.29, 1.82) is 0 Å². The van der Waals surface area contributed by atoms with Crippen LogP contribution >= 0.6 is 0 Å². The van der Waals surface area contributed by atoms with Gasteiger partial charge in [-0.3, -0.25) is 0 Å². The molecule has 1 aromatic heterocycles. The fraction of sp³-hybridized carbons (Fsp3) is 0.667. The van der Waals surface area contributed by atoms with E-state index in [0.29, 0.717) is 0 Å². The van der Waals surface area contributed by atoms with E-state index in [9.17, 15) is 13.2 Å². The molecule has 0 aliphatic carbocycles. The van der Waals surface area contributed by atoms with Crippen molar-refractivity contribution in [3.8, 4) is 0 Å². The highest BCUT2D eigenvalue weighted by molar-refractivity contribution is 4.90. The summed E-state index contributed by atoms with van der Waals surface area (Å²) in [4.78, 5) is 0. The summed E-state index contributed by atoms with van der Waals surface area (Å²) in [5.41, 5.74) is 0. The second-order valence-electron chi connectivity index (χ2n) is 2.45. The van der Waals surface area contributed by atoms with Crippen LogP contribution in [0.25, 0.3) is 0 Å². The number of rotatable bonds is 2. The molecule has 1 heterocycles. The van der Waals surface area contributed by atoms with Gasteiger partial charge in [-0.05, 0) is 14.0 Å². The van der Waals surface area contributed by atoms with Crippen LogP contribution < -0.4 is 5.32 Å². The fourth-order valence-corrected chi connectivity index (χ4v) is 0.648. The van der Waals surface area contributed by atoms with Gasteiger partial charge in [-0.2, -0.15) is 13.2 Å². The van der Waals surface area contributed by atoms with Crippen molar-refractivity contribution >= 4 is 0 Å². The van der Waals surface area contributed by atoms with Crippen LogP contribution in [0.5, 0.6) is 0 Å². The highest BCUT2D eigenvalue weighted by Crippen LogP contribution is 2.28. The van der Waals surface area contributed by atoms with Gasteiger partial charge in [0.1, 0.15) is 0 Å². The van der Waals surface area contributed by atoms with E-state index in [4.69, 9.17) is 0 Å². The lowest BCUT2D eigenvalue weighted by Gasteiger charge is -2.02. The van der Waals surface area contributed by atoms with Gasteiger partial charge in [-0.25, -0.2) is 0 Å². The summed E-state index contributed by atoms with van der Waals surface area (Å²) in [6.07, 6.45) is -4.57. The first-order valence-electron chi connectivity index (χ1n) is 3.53. The topological polar surface area (TPSA) is 51.0 Å². The van der Waals surface area contributed by atoms with Crippen LogP contribution in [0.4, 0.5) is 13.2 Å². The molecule has 1 rings (SSSR count). The first-order valence-corrected chi connectivity index (χ1v) is 3.53. The Kier molecular flexibility index (Phi) is 2.55. The molecule has 1 atom stereocenters. The lowest BCUT2D eigenvalue weighted by Crippen LogP contribution is -2.12. The van der Waals surface area contributed by atoms with Gasteiger partial charge in [-0.1, -0.05) is 0 Å². The van der Waals surface area contributed by atoms with Crippen molar-refractivity contribution < 1.29 is 17.6 Å². The quantitative estimate of drug-likeness (QED) is 0.774. The number of nitrogens with one attached hydrogen (secondary N) is 1. The number of alkyl halides is 3. The average molecular weight is 195 g/mol. The Morgan fingerprint density at radius 1 is 1.38 bits per heavy atom. The molecule has 74 valence electrons. The lowest BCUT2D eigenvalue weighted by atomic mass is 10.3. The molecular weight excluding hydrogens is 187 g/mol. The molecule has 0 saturated carbocycles. The molecule has 0 fully saturated rings. The van der Waals surface area contributed by atoms with E-state index in [2.05, 4.69) is 19.9 Å². The van der Waals surface area contributed by atoms with E-state index < -0.39 is 12.1 Å². The third kappa shape index (κ3) is 2.18. The van der Waals surface area contributed by atoms with E-state index in [1.165, 1.54) is 0 Å². The number of halogens is 3. The molecule has 4 nitrogen and oxygen atoms in total. The summed E-state index contributed by atoms with van der Waals surface area (Å²) in [6.45, 7) is 1.62. The van der Waals surface area contributed by atoms with E-state index in [1.807, 2.05) is 0 Å². The average Bonchev–Trinajstić information content (AvgIpc) is 2.50. The lowest BCUT2D eigenvalue weighted by molar-refractivity contribution is -0.157. The van der Waals surface area contributed by atoms with E-state index in [0.717, 1.165) is 0 Å². The largest absolute Gasteiger partial charge is 0.470 e. The highest BCUT2D eigenvalue weighted by Gasteiger charge is 2.38.